The first-order chi connectivity index (χ1) is 31.8. The molecule has 6 aromatic carbocycles. The molecule has 4 unspecified atom stereocenters. The van der Waals surface area contributed by atoms with Gasteiger partial charge in [-0.2, -0.15) is 0 Å². The van der Waals surface area contributed by atoms with Gasteiger partial charge in [0.15, 0.2) is 0 Å². The Bertz CT molecular complexity index is 2630. The summed E-state index contributed by atoms with van der Waals surface area (Å²) in [5.41, 5.74) is 5.77. The van der Waals surface area contributed by atoms with Gasteiger partial charge in [0.2, 0.25) is 0 Å². The predicted molar refractivity (Wildman–Crippen MR) is 286 cm³/mol. The molecule has 4 atom stereocenters. The Morgan fingerprint density at radius 2 is 0.818 bits per heavy atom. The fraction of sp³-hybridized carbons (Fsp3) is 0.250. The van der Waals surface area contributed by atoms with Crippen molar-refractivity contribution in [1.82, 2.24) is 19.8 Å². The average molecular weight is 1040 g/mol. The van der Waals surface area contributed by atoms with Crippen LogP contribution in [0.25, 0.3) is 21.8 Å². The smallest absolute Gasteiger partial charge is 0.102 e. The van der Waals surface area contributed by atoms with Gasteiger partial charge in [0.05, 0.1) is 11.0 Å². The lowest BCUT2D eigenvalue weighted by Crippen LogP contribution is -2.37. The van der Waals surface area contributed by atoms with Crippen LogP contribution in [0.1, 0.15) is 58.1 Å². The first-order valence-electron chi connectivity index (χ1n) is 22.1. The van der Waals surface area contributed by atoms with Gasteiger partial charge in [-0.25, -0.2) is 9.97 Å². The van der Waals surface area contributed by atoms with Gasteiger partial charge in [-0.15, -0.1) is 23.5 Å². The number of aromatic nitrogens is 2. The van der Waals surface area contributed by atoms with E-state index < -0.39 is 11.2 Å². The van der Waals surface area contributed by atoms with Crippen molar-refractivity contribution in [1.29, 1.82) is 0 Å². The summed E-state index contributed by atoms with van der Waals surface area (Å²) in [5, 5.41) is 29.1. The van der Waals surface area contributed by atoms with E-state index in [-0.39, 0.29) is 11.8 Å². The van der Waals surface area contributed by atoms with Gasteiger partial charge >= 0.3 is 0 Å². The highest BCUT2D eigenvalue weighted by atomic mass is 79.9. The molecule has 0 aliphatic heterocycles. The fourth-order valence-electron chi connectivity index (χ4n) is 8.90. The van der Waals surface area contributed by atoms with E-state index in [1.165, 1.54) is 0 Å². The molecule has 0 radical (unpaired) electrons. The number of thioether (sulfide) groups is 2. The molecule has 0 amide bonds. The normalized spacial score (nSPS) is 14.4. The highest BCUT2D eigenvalue weighted by Crippen LogP contribution is 2.49. The van der Waals surface area contributed by atoms with E-state index in [2.05, 4.69) is 103 Å². The van der Waals surface area contributed by atoms with Crippen molar-refractivity contribution in [2.24, 2.45) is 0 Å². The first kappa shape index (κ1) is 49.5. The standard InChI is InChI=1S/2C28H29BrN2OS/c2*1-31(2)17-16-28(32,22-12-8-5-9-13-22)26(20-10-6-4-7-11-20)24-19-21-18-23(29)14-15-25(21)30-27(24)33-3/h2*4-15,18-19,26,32H,16-17H2,1-3H3. The Hall–Kier alpha value is -4.36. The minimum atomic E-state index is -1.11. The van der Waals surface area contributed by atoms with Crippen LogP contribution in [0.3, 0.4) is 0 Å². The fourth-order valence-corrected chi connectivity index (χ4v) is 10.9. The summed E-state index contributed by atoms with van der Waals surface area (Å²) in [5.74, 6) is -0.557. The Morgan fingerprint density at radius 1 is 0.485 bits per heavy atom. The van der Waals surface area contributed by atoms with Crippen molar-refractivity contribution >= 4 is 77.2 Å². The number of hydrogen-bond donors (Lipinski definition) is 2. The van der Waals surface area contributed by atoms with Crippen molar-refractivity contribution < 1.29 is 10.2 Å². The third kappa shape index (κ3) is 11.5. The van der Waals surface area contributed by atoms with E-state index in [0.717, 1.165) is 87.3 Å². The lowest BCUT2D eigenvalue weighted by molar-refractivity contribution is 0.00340. The monoisotopic (exact) mass is 1040 g/mol. The summed E-state index contributed by atoms with van der Waals surface area (Å²) >= 11 is 10.5. The number of pyridine rings is 2. The van der Waals surface area contributed by atoms with Gasteiger partial charge in [-0.3, -0.25) is 0 Å². The molecule has 66 heavy (non-hydrogen) atoms. The van der Waals surface area contributed by atoms with Gasteiger partial charge in [-0.05, 0) is 135 Å². The zero-order chi connectivity index (χ0) is 46.8. The molecule has 0 fully saturated rings. The topological polar surface area (TPSA) is 72.7 Å². The van der Waals surface area contributed by atoms with Crippen molar-refractivity contribution in [2.75, 3.05) is 53.8 Å². The Balaban J connectivity index is 0.000000196. The van der Waals surface area contributed by atoms with E-state index in [1.54, 1.807) is 23.5 Å². The van der Waals surface area contributed by atoms with E-state index >= 15 is 0 Å². The van der Waals surface area contributed by atoms with Crippen molar-refractivity contribution in [3.05, 3.63) is 212 Å². The van der Waals surface area contributed by atoms with Crippen molar-refractivity contribution in [2.45, 2.75) is 45.9 Å². The largest absolute Gasteiger partial charge is 0.384 e. The molecule has 8 rings (SSSR count). The van der Waals surface area contributed by atoms with E-state index in [4.69, 9.17) is 9.97 Å². The summed E-state index contributed by atoms with van der Waals surface area (Å²) < 4.78 is 2.03. The molecule has 2 aromatic heterocycles. The van der Waals surface area contributed by atoms with Crippen molar-refractivity contribution in [3.8, 4) is 0 Å². The lowest BCUT2D eigenvalue weighted by atomic mass is 9.72. The van der Waals surface area contributed by atoms with Crippen LogP contribution >= 0.6 is 55.4 Å². The molecule has 0 bridgehead atoms. The molecule has 0 spiro atoms. The second-order valence-electron chi connectivity index (χ2n) is 17.2. The molecular formula is C56H58Br2N4O2S2. The molecule has 0 saturated carbocycles. The Morgan fingerprint density at radius 3 is 1.14 bits per heavy atom. The number of nitrogens with zero attached hydrogens (tertiary/aromatic N) is 4. The molecule has 0 saturated heterocycles. The minimum absolute atomic E-state index is 0.278. The zero-order valence-corrected chi connectivity index (χ0v) is 43.2. The lowest BCUT2D eigenvalue weighted by Gasteiger charge is -2.39. The minimum Gasteiger partial charge on any atom is -0.384 e. The van der Waals surface area contributed by atoms with Crippen LogP contribution in [-0.4, -0.2) is 83.8 Å². The SMILES string of the molecule is CSc1nc2ccc(Br)cc2cc1C(c1ccccc1)C(O)(CCN(C)C)c1ccccc1.CSc1nc2ccc(Br)cc2cc1C(c1ccccc1)C(O)(CCN(C)C)c1ccccc1. The molecule has 10 heteroatoms. The van der Waals surface area contributed by atoms with Gasteiger partial charge in [0.25, 0.3) is 0 Å². The Labute approximate surface area is 416 Å². The molecular weight excluding hydrogens is 985 g/mol. The summed E-state index contributed by atoms with van der Waals surface area (Å²) in [6.45, 7) is 1.52. The summed E-state index contributed by atoms with van der Waals surface area (Å²) in [4.78, 5) is 14.3. The quantitative estimate of drug-likeness (QED) is 0.0928. The van der Waals surface area contributed by atoms with Crippen LogP contribution in [0.5, 0.6) is 0 Å². The van der Waals surface area contributed by atoms with Crippen LogP contribution in [0.2, 0.25) is 0 Å². The number of benzene rings is 6. The van der Waals surface area contributed by atoms with Crippen LogP contribution in [-0.2, 0) is 11.2 Å². The zero-order valence-electron chi connectivity index (χ0n) is 38.4. The molecule has 2 heterocycles. The summed E-state index contributed by atoms with van der Waals surface area (Å²) in [6, 6.07) is 57.6. The van der Waals surface area contributed by atoms with Crippen LogP contribution in [0.4, 0.5) is 0 Å². The van der Waals surface area contributed by atoms with E-state index in [0.29, 0.717) is 12.8 Å². The van der Waals surface area contributed by atoms with Gasteiger partial charge in [-0.1, -0.05) is 153 Å². The van der Waals surface area contributed by atoms with Crippen LogP contribution < -0.4 is 0 Å². The molecule has 8 aromatic rings. The van der Waals surface area contributed by atoms with Crippen LogP contribution in [0, 0.1) is 0 Å². The third-order valence-corrected chi connectivity index (χ3v) is 14.6. The molecule has 2 N–H and O–H groups in total. The van der Waals surface area contributed by atoms with E-state index in [1.807, 2.05) is 150 Å². The number of aliphatic hydroxyl groups is 2. The number of fused-ring (bicyclic) bond motifs is 2. The molecule has 0 aliphatic rings. The van der Waals surface area contributed by atoms with Gasteiger partial charge in [0.1, 0.15) is 21.3 Å². The maximum atomic E-state index is 12.6. The molecule has 340 valence electrons. The second kappa shape index (κ2) is 22.6. The maximum Gasteiger partial charge on any atom is 0.102 e. The summed E-state index contributed by atoms with van der Waals surface area (Å²) in [6.07, 6.45) is 5.29. The highest BCUT2D eigenvalue weighted by molar-refractivity contribution is 9.10. The first-order valence-corrected chi connectivity index (χ1v) is 26.1. The third-order valence-electron chi connectivity index (χ3n) is 12.2. The number of hydrogen-bond acceptors (Lipinski definition) is 8. The molecule has 6 nitrogen and oxygen atoms in total. The number of rotatable bonds is 16. The molecule has 0 aliphatic carbocycles. The van der Waals surface area contributed by atoms with E-state index in [9.17, 15) is 10.2 Å². The highest BCUT2D eigenvalue weighted by Gasteiger charge is 2.43. The Kier molecular flexibility index (Phi) is 17.0. The number of halogens is 2. The predicted octanol–water partition coefficient (Wildman–Crippen LogP) is 13.4. The van der Waals surface area contributed by atoms with Gasteiger partial charge in [0, 0.05) is 44.6 Å². The van der Waals surface area contributed by atoms with Crippen LogP contribution in [0.15, 0.2) is 189 Å². The summed E-state index contributed by atoms with van der Waals surface area (Å²) in [7, 11) is 8.19. The average Bonchev–Trinajstić information content (AvgIpc) is 3.33. The van der Waals surface area contributed by atoms with Gasteiger partial charge < -0.3 is 20.0 Å². The van der Waals surface area contributed by atoms with Crippen molar-refractivity contribution in [3.63, 3.8) is 0 Å². The second-order valence-corrected chi connectivity index (χ2v) is 20.6. The maximum absolute atomic E-state index is 12.6.